The molecule has 1 aromatic rings. The fraction of sp³-hybridized carbons (Fsp3) is 0.615. The number of quaternary nitrogens is 1. The molecule has 0 saturated carbocycles. The summed E-state index contributed by atoms with van der Waals surface area (Å²) in [4.78, 5) is 6.80. The number of rotatable bonds is 5. The van der Waals surface area contributed by atoms with E-state index in [1.54, 1.807) is 18.3 Å². The standard InChI is InChI=1S/C13H22N4O3S/c1-15(2)21(19,20)12-4-3-5-14-13(12)17-8-6-16(7-9-17)10-11-18/h3-5,18H,6-11H2,1-2H3/p+2. The fourth-order valence-corrected chi connectivity index (χ4v) is 3.60. The minimum absolute atomic E-state index is 0.188. The van der Waals surface area contributed by atoms with Gasteiger partial charge in [0.1, 0.15) is 32.7 Å². The highest BCUT2D eigenvalue weighted by atomic mass is 32.2. The van der Waals surface area contributed by atoms with Gasteiger partial charge in [-0.1, -0.05) is 0 Å². The van der Waals surface area contributed by atoms with Crippen molar-refractivity contribution in [2.45, 2.75) is 4.90 Å². The Morgan fingerprint density at radius 3 is 2.62 bits per heavy atom. The van der Waals surface area contributed by atoms with Gasteiger partial charge >= 0.3 is 0 Å². The number of aliphatic hydroxyl groups excluding tert-OH is 1. The zero-order valence-electron chi connectivity index (χ0n) is 12.5. The number of sulfonamides is 1. The summed E-state index contributed by atoms with van der Waals surface area (Å²) in [5.74, 6) is 0.647. The first-order chi connectivity index (χ1) is 9.96. The van der Waals surface area contributed by atoms with Crippen molar-refractivity contribution in [3.8, 4) is 0 Å². The summed E-state index contributed by atoms with van der Waals surface area (Å²) in [6.45, 7) is 4.26. The molecule has 7 nitrogen and oxygen atoms in total. The van der Waals surface area contributed by atoms with Crippen LogP contribution >= 0.6 is 0 Å². The molecule has 0 aliphatic carbocycles. The molecule has 0 amide bonds. The number of aliphatic hydroxyl groups is 1. The molecule has 0 atom stereocenters. The number of nitrogens with zero attached hydrogens (tertiary/aromatic N) is 2. The molecule has 0 radical (unpaired) electrons. The Hall–Kier alpha value is -1.22. The second-order valence-corrected chi connectivity index (χ2v) is 7.50. The third kappa shape index (κ3) is 3.52. The van der Waals surface area contributed by atoms with Crippen LogP contribution in [0.25, 0.3) is 0 Å². The number of aromatic amines is 1. The van der Waals surface area contributed by atoms with Gasteiger partial charge in [-0.25, -0.2) is 22.6 Å². The second-order valence-electron chi connectivity index (χ2n) is 5.38. The number of anilines is 1. The summed E-state index contributed by atoms with van der Waals surface area (Å²) < 4.78 is 26.0. The van der Waals surface area contributed by atoms with Gasteiger partial charge in [0.2, 0.25) is 0 Å². The summed E-state index contributed by atoms with van der Waals surface area (Å²) in [6, 6.07) is 3.33. The van der Waals surface area contributed by atoms with E-state index < -0.39 is 10.0 Å². The molecule has 118 valence electrons. The summed E-state index contributed by atoms with van der Waals surface area (Å²) in [5, 5.41) is 8.99. The van der Waals surface area contributed by atoms with Crippen LogP contribution in [-0.4, -0.2) is 71.3 Å². The van der Waals surface area contributed by atoms with Crippen molar-refractivity contribution in [1.29, 1.82) is 0 Å². The van der Waals surface area contributed by atoms with E-state index in [2.05, 4.69) is 9.88 Å². The van der Waals surface area contributed by atoms with Crippen molar-refractivity contribution in [2.24, 2.45) is 0 Å². The van der Waals surface area contributed by atoms with Crippen LogP contribution in [0, 0.1) is 0 Å². The van der Waals surface area contributed by atoms with Gasteiger partial charge < -0.3 is 10.0 Å². The fourth-order valence-electron chi connectivity index (χ4n) is 2.52. The van der Waals surface area contributed by atoms with Crippen molar-refractivity contribution in [3.63, 3.8) is 0 Å². The SMILES string of the molecule is CN(C)S(=O)(=O)c1ccc[nH+]c1N1CC[NH+](CCO)CC1. The molecule has 1 aliphatic heterocycles. The Morgan fingerprint density at radius 1 is 1.38 bits per heavy atom. The summed E-state index contributed by atoms with van der Waals surface area (Å²) >= 11 is 0. The lowest BCUT2D eigenvalue weighted by molar-refractivity contribution is -0.901. The van der Waals surface area contributed by atoms with Crippen molar-refractivity contribution >= 4 is 15.8 Å². The Kier molecular flexibility index (Phi) is 5.15. The number of hydrogen-bond donors (Lipinski definition) is 2. The van der Waals surface area contributed by atoms with E-state index >= 15 is 0 Å². The van der Waals surface area contributed by atoms with Gasteiger partial charge in [0, 0.05) is 14.1 Å². The minimum Gasteiger partial charge on any atom is -0.391 e. The van der Waals surface area contributed by atoms with Crippen molar-refractivity contribution < 1.29 is 23.4 Å². The highest BCUT2D eigenvalue weighted by Crippen LogP contribution is 2.21. The van der Waals surface area contributed by atoms with Crippen LogP contribution < -0.4 is 14.8 Å². The Morgan fingerprint density at radius 2 is 2.05 bits per heavy atom. The molecule has 1 aromatic heterocycles. The molecular formula is C13H24N4O3S+2. The Labute approximate surface area is 125 Å². The molecular weight excluding hydrogens is 292 g/mol. The monoisotopic (exact) mass is 316 g/mol. The minimum atomic E-state index is -3.47. The van der Waals surface area contributed by atoms with Crippen molar-refractivity contribution in [2.75, 3.05) is 58.3 Å². The maximum absolute atomic E-state index is 12.4. The smallest absolute Gasteiger partial charge is 0.295 e. The molecule has 3 N–H and O–H groups in total. The van der Waals surface area contributed by atoms with E-state index in [4.69, 9.17) is 5.11 Å². The molecule has 0 bridgehead atoms. The number of piperazine rings is 1. The predicted octanol–water partition coefficient (Wildman–Crippen LogP) is -2.55. The van der Waals surface area contributed by atoms with E-state index in [-0.39, 0.29) is 6.61 Å². The quantitative estimate of drug-likeness (QED) is 0.627. The third-order valence-corrected chi connectivity index (χ3v) is 5.65. The van der Waals surface area contributed by atoms with E-state index in [0.717, 1.165) is 32.7 Å². The van der Waals surface area contributed by atoms with Crippen LogP contribution in [0.2, 0.25) is 0 Å². The average molecular weight is 316 g/mol. The van der Waals surface area contributed by atoms with Crippen LogP contribution in [0.15, 0.2) is 23.2 Å². The zero-order chi connectivity index (χ0) is 15.5. The number of aromatic nitrogens is 1. The van der Waals surface area contributed by atoms with Gasteiger partial charge in [-0.05, 0) is 12.1 Å². The highest BCUT2D eigenvalue weighted by molar-refractivity contribution is 7.89. The predicted molar refractivity (Wildman–Crippen MR) is 78.7 cm³/mol. The van der Waals surface area contributed by atoms with Gasteiger partial charge in [0.05, 0.1) is 12.8 Å². The number of pyridine rings is 1. The van der Waals surface area contributed by atoms with Crippen LogP contribution in [-0.2, 0) is 10.0 Å². The number of hydrogen-bond acceptors (Lipinski definition) is 4. The molecule has 21 heavy (non-hydrogen) atoms. The molecule has 0 spiro atoms. The van der Waals surface area contributed by atoms with E-state index in [9.17, 15) is 8.42 Å². The first-order valence-electron chi connectivity index (χ1n) is 7.09. The third-order valence-electron chi connectivity index (χ3n) is 3.81. The largest absolute Gasteiger partial charge is 0.391 e. The number of H-pyrrole nitrogens is 1. The first kappa shape index (κ1) is 16.2. The van der Waals surface area contributed by atoms with E-state index in [0.29, 0.717) is 10.7 Å². The molecule has 0 unspecified atom stereocenters. The Bertz CT molecular complexity index is 569. The lowest BCUT2D eigenvalue weighted by atomic mass is 10.3. The topological polar surface area (TPSA) is 79.4 Å². The van der Waals surface area contributed by atoms with Gasteiger partial charge in [-0.15, -0.1) is 0 Å². The maximum atomic E-state index is 12.4. The Balaban J connectivity index is 2.23. The van der Waals surface area contributed by atoms with Crippen LogP contribution in [0.5, 0.6) is 0 Å². The van der Waals surface area contributed by atoms with Crippen LogP contribution in [0.4, 0.5) is 5.82 Å². The molecule has 1 fully saturated rings. The van der Waals surface area contributed by atoms with Crippen LogP contribution in [0.1, 0.15) is 0 Å². The van der Waals surface area contributed by atoms with Gasteiger partial charge in [0.25, 0.3) is 15.8 Å². The summed E-state index contributed by atoms with van der Waals surface area (Å²) in [6.07, 6.45) is 1.75. The summed E-state index contributed by atoms with van der Waals surface area (Å²) in [5.41, 5.74) is 0. The molecule has 0 aromatic carbocycles. The van der Waals surface area contributed by atoms with E-state index in [1.165, 1.54) is 23.3 Å². The van der Waals surface area contributed by atoms with Gasteiger partial charge in [-0.2, -0.15) is 0 Å². The van der Waals surface area contributed by atoms with Gasteiger partial charge in [-0.3, -0.25) is 0 Å². The second kappa shape index (κ2) is 6.69. The van der Waals surface area contributed by atoms with Crippen LogP contribution in [0.3, 0.4) is 0 Å². The van der Waals surface area contributed by atoms with Crippen molar-refractivity contribution in [3.05, 3.63) is 18.3 Å². The maximum Gasteiger partial charge on any atom is 0.295 e. The zero-order valence-corrected chi connectivity index (χ0v) is 13.4. The normalized spacial score (nSPS) is 17.4. The molecule has 2 heterocycles. The number of nitrogens with one attached hydrogen (secondary N) is 2. The average Bonchev–Trinajstić information content (AvgIpc) is 2.48. The lowest BCUT2D eigenvalue weighted by Gasteiger charge is -2.28. The van der Waals surface area contributed by atoms with Crippen molar-refractivity contribution in [1.82, 2.24) is 4.31 Å². The van der Waals surface area contributed by atoms with Gasteiger partial charge in [0.15, 0.2) is 4.90 Å². The summed E-state index contributed by atoms with van der Waals surface area (Å²) in [7, 11) is -0.393. The first-order valence-corrected chi connectivity index (χ1v) is 8.53. The van der Waals surface area contributed by atoms with E-state index in [1.807, 2.05) is 0 Å². The molecule has 8 heteroatoms. The molecule has 1 aliphatic rings. The molecule has 2 rings (SSSR count). The highest BCUT2D eigenvalue weighted by Gasteiger charge is 2.33. The molecule has 1 saturated heterocycles. The lowest BCUT2D eigenvalue weighted by Crippen LogP contribution is -3.15.